The lowest BCUT2D eigenvalue weighted by Crippen LogP contribution is -2.32. The second-order valence-electron chi connectivity index (χ2n) is 12.5. The van der Waals surface area contributed by atoms with E-state index in [-0.39, 0.29) is 0 Å². The normalized spacial score (nSPS) is 20.0. The van der Waals surface area contributed by atoms with Crippen LogP contribution in [0.15, 0.2) is 85.3 Å². The Balaban J connectivity index is 1.25. The highest BCUT2D eigenvalue weighted by Gasteiger charge is 2.37. The van der Waals surface area contributed by atoms with E-state index in [1.807, 2.05) is 6.20 Å². The number of fused-ring (bicyclic) bond motifs is 3. The molecule has 0 amide bonds. The van der Waals surface area contributed by atoms with Crippen LogP contribution in [0.2, 0.25) is 0 Å². The molecule has 7 heteroatoms. The molecule has 1 fully saturated rings. The molecule has 3 unspecified atom stereocenters. The third kappa shape index (κ3) is 6.37. The number of nitrogens with zero attached hydrogens (tertiary/aromatic N) is 5. The Hall–Kier alpha value is -3.13. The molecule has 1 aliphatic carbocycles. The van der Waals surface area contributed by atoms with Crippen molar-refractivity contribution in [2.45, 2.75) is 51.5 Å². The molecule has 2 aromatic carbocycles. The topological polar surface area (TPSA) is 47.6 Å². The number of ether oxygens (including phenoxy) is 1. The third-order valence-corrected chi connectivity index (χ3v) is 9.94. The summed E-state index contributed by atoms with van der Waals surface area (Å²) >= 11 is 0. The van der Waals surface area contributed by atoms with Crippen molar-refractivity contribution in [2.24, 2.45) is 5.92 Å². The van der Waals surface area contributed by atoms with Gasteiger partial charge >= 0.3 is 0 Å². The number of rotatable bonds is 11. The molecule has 3 atom stereocenters. The summed E-state index contributed by atoms with van der Waals surface area (Å²) in [4.78, 5) is 12.3. The largest absolute Gasteiger partial charge is 0.360 e. The van der Waals surface area contributed by atoms with Crippen LogP contribution < -0.4 is 0 Å². The lowest BCUT2D eigenvalue weighted by Gasteiger charge is -2.29. The number of imidazole rings is 1. The van der Waals surface area contributed by atoms with Crippen LogP contribution in [0.25, 0.3) is 16.8 Å². The van der Waals surface area contributed by atoms with Gasteiger partial charge in [0.25, 0.3) is 0 Å². The molecule has 0 radical (unpaired) electrons. The SMILES string of the molecule is CC1CC(N(Cc2ccccc2)Cc2ccccc2)CC1c1cnc2cnc3c(ccn3COCCS(C)(C)C)n12. The van der Waals surface area contributed by atoms with Crippen LogP contribution in [0.5, 0.6) is 0 Å². The molecule has 1 saturated carbocycles. The van der Waals surface area contributed by atoms with Gasteiger partial charge in [0.05, 0.1) is 18.3 Å². The maximum atomic E-state index is 6.05. The predicted molar refractivity (Wildman–Crippen MR) is 172 cm³/mol. The van der Waals surface area contributed by atoms with Crippen LogP contribution in [0.1, 0.15) is 42.5 Å². The molecule has 0 aliphatic heterocycles. The van der Waals surface area contributed by atoms with Crippen molar-refractivity contribution in [2.75, 3.05) is 31.1 Å². The predicted octanol–water partition coefficient (Wildman–Crippen LogP) is 6.94. The van der Waals surface area contributed by atoms with E-state index in [9.17, 15) is 0 Å². The Labute approximate surface area is 245 Å². The molecule has 0 N–H and O–H groups in total. The number of hydrogen-bond acceptors (Lipinski definition) is 4. The van der Waals surface area contributed by atoms with E-state index < -0.39 is 10.0 Å². The first kappa shape index (κ1) is 28.0. The summed E-state index contributed by atoms with van der Waals surface area (Å²) < 4.78 is 10.5. The highest BCUT2D eigenvalue weighted by atomic mass is 32.3. The molecule has 0 saturated heterocycles. The van der Waals surface area contributed by atoms with Crippen LogP contribution in [0.3, 0.4) is 0 Å². The van der Waals surface area contributed by atoms with Gasteiger partial charge in [-0.25, -0.2) is 20.0 Å². The molecule has 41 heavy (non-hydrogen) atoms. The summed E-state index contributed by atoms with van der Waals surface area (Å²) in [7, 11) is -0.562. The highest BCUT2D eigenvalue weighted by molar-refractivity contribution is 8.32. The van der Waals surface area contributed by atoms with Crippen LogP contribution >= 0.6 is 10.0 Å². The Kier molecular flexibility index (Phi) is 8.20. The second kappa shape index (κ2) is 12.0. The maximum absolute atomic E-state index is 6.05. The van der Waals surface area contributed by atoms with Gasteiger partial charge in [-0.05, 0) is 54.7 Å². The third-order valence-electron chi connectivity index (χ3n) is 8.55. The fraction of sp³-hybridized carbons (Fsp3) is 0.412. The summed E-state index contributed by atoms with van der Waals surface area (Å²) in [5.41, 5.74) is 7.03. The molecule has 1 aliphatic rings. The van der Waals surface area contributed by atoms with Crippen molar-refractivity contribution in [3.8, 4) is 0 Å². The molecule has 6 nitrogen and oxygen atoms in total. The van der Waals surface area contributed by atoms with E-state index in [2.05, 4.69) is 119 Å². The highest BCUT2D eigenvalue weighted by Crippen LogP contribution is 2.43. The van der Waals surface area contributed by atoms with Gasteiger partial charge in [0.15, 0.2) is 11.3 Å². The minimum Gasteiger partial charge on any atom is -0.360 e. The summed E-state index contributed by atoms with van der Waals surface area (Å²) in [6.07, 6.45) is 15.4. The summed E-state index contributed by atoms with van der Waals surface area (Å²) in [6, 6.07) is 24.5. The minimum atomic E-state index is -0.562. The van der Waals surface area contributed by atoms with E-state index in [0.717, 1.165) is 48.7 Å². The fourth-order valence-corrected chi connectivity index (χ4v) is 6.95. The molecule has 0 bridgehead atoms. The van der Waals surface area contributed by atoms with Crippen molar-refractivity contribution < 1.29 is 4.74 Å². The summed E-state index contributed by atoms with van der Waals surface area (Å²) in [5.74, 6) is 2.11. The molecular weight excluding hydrogens is 526 g/mol. The zero-order chi connectivity index (χ0) is 28.4. The molecule has 0 spiro atoms. The Morgan fingerprint density at radius 2 is 1.56 bits per heavy atom. The zero-order valence-electron chi connectivity index (χ0n) is 24.8. The first-order valence-electron chi connectivity index (χ1n) is 14.7. The number of aromatic nitrogens is 4. The average Bonchev–Trinajstić information content (AvgIpc) is 3.67. The van der Waals surface area contributed by atoms with E-state index in [4.69, 9.17) is 14.7 Å². The zero-order valence-corrected chi connectivity index (χ0v) is 25.6. The first-order valence-corrected chi connectivity index (χ1v) is 17.8. The van der Waals surface area contributed by atoms with Crippen molar-refractivity contribution in [1.82, 2.24) is 23.8 Å². The standard InChI is InChI=1S/C34H43N5OS/c1-26-19-29(38(23-27-11-7-5-8-12-27)24-28-13-9-6-10-14-28)20-30(26)32-21-35-33-22-36-34-31(39(32)33)15-16-37(34)25-40-17-18-41(2,3)4/h5-16,21-22,26,29-30H,17-20,23-25H2,1-4H3. The minimum absolute atomic E-state index is 0.434. The Bertz CT molecular complexity index is 1530. The second-order valence-corrected chi connectivity index (χ2v) is 17.1. The van der Waals surface area contributed by atoms with Gasteiger partial charge in [-0.2, -0.15) is 0 Å². The van der Waals surface area contributed by atoms with E-state index >= 15 is 0 Å². The van der Waals surface area contributed by atoms with Crippen LogP contribution in [-0.4, -0.2) is 61.0 Å². The average molecular weight is 570 g/mol. The number of benzene rings is 2. The first-order chi connectivity index (χ1) is 19.9. The molecule has 6 rings (SSSR count). The van der Waals surface area contributed by atoms with Gasteiger partial charge in [-0.1, -0.05) is 67.6 Å². The van der Waals surface area contributed by atoms with Crippen LogP contribution in [-0.2, 0) is 24.6 Å². The van der Waals surface area contributed by atoms with Gasteiger partial charge in [0.1, 0.15) is 6.73 Å². The maximum Gasteiger partial charge on any atom is 0.159 e. The molecular formula is C34H43N5OS. The Morgan fingerprint density at radius 1 is 0.878 bits per heavy atom. The van der Waals surface area contributed by atoms with Crippen LogP contribution in [0, 0.1) is 5.92 Å². The number of hydrogen-bond donors (Lipinski definition) is 0. The van der Waals surface area contributed by atoms with Gasteiger partial charge in [0.2, 0.25) is 0 Å². The molecule has 216 valence electrons. The molecule has 3 aromatic heterocycles. The van der Waals surface area contributed by atoms with Gasteiger partial charge < -0.3 is 9.30 Å². The van der Waals surface area contributed by atoms with Crippen molar-refractivity contribution in [3.05, 3.63) is 102 Å². The van der Waals surface area contributed by atoms with E-state index in [0.29, 0.717) is 24.6 Å². The van der Waals surface area contributed by atoms with Gasteiger partial charge in [0, 0.05) is 48.9 Å². The fourth-order valence-electron chi connectivity index (χ4n) is 6.33. The van der Waals surface area contributed by atoms with Crippen molar-refractivity contribution in [3.63, 3.8) is 0 Å². The molecule has 3 heterocycles. The summed E-state index contributed by atoms with van der Waals surface area (Å²) in [5, 5.41) is 0. The van der Waals surface area contributed by atoms with E-state index in [1.54, 1.807) is 0 Å². The van der Waals surface area contributed by atoms with E-state index in [1.165, 1.54) is 23.2 Å². The summed E-state index contributed by atoms with van der Waals surface area (Å²) in [6.45, 7) is 5.64. The Morgan fingerprint density at radius 3 is 2.22 bits per heavy atom. The van der Waals surface area contributed by atoms with Crippen molar-refractivity contribution >= 4 is 26.8 Å². The lowest BCUT2D eigenvalue weighted by molar-refractivity contribution is 0.0923. The van der Waals surface area contributed by atoms with Crippen LogP contribution in [0.4, 0.5) is 0 Å². The quantitative estimate of drug-likeness (QED) is 0.162. The van der Waals surface area contributed by atoms with Gasteiger partial charge in [-0.3, -0.25) is 9.30 Å². The van der Waals surface area contributed by atoms with Crippen molar-refractivity contribution in [1.29, 1.82) is 0 Å². The smallest absolute Gasteiger partial charge is 0.159 e. The monoisotopic (exact) mass is 569 g/mol. The van der Waals surface area contributed by atoms with Gasteiger partial charge in [-0.15, -0.1) is 0 Å². The lowest BCUT2D eigenvalue weighted by atomic mass is 9.95. The molecule has 5 aromatic rings.